The predicted octanol–water partition coefficient (Wildman–Crippen LogP) is 1.25. The quantitative estimate of drug-likeness (QED) is 0.445. The largest absolute Gasteiger partial charge is 2.00 e. The van der Waals surface area contributed by atoms with E-state index < -0.39 is 0 Å². The van der Waals surface area contributed by atoms with Crippen LogP contribution in [0.3, 0.4) is 0 Å². The van der Waals surface area contributed by atoms with Crippen LogP contribution in [0.15, 0.2) is 46.4 Å². The van der Waals surface area contributed by atoms with Crippen molar-refractivity contribution < 1.29 is 26.7 Å². The fraction of sp³-hybridized carbons (Fsp3) is 0.364. The Morgan fingerprint density at radius 3 is 1.69 bits per heavy atom. The molecule has 0 aliphatic rings. The molecule has 0 atom stereocenters. The maximum absolute atomic E-state index is 11.8. The van der Waals surface area contributed by atoms with Crippen LogP contribution in [0.2, 0.25) is 0 Å². The van der Waals surface area contributed by atoms with E-state index >= 15 is 0 Å². The van der Waals surface area contributed by atoms with Crippen molar-refractivity contribution in [3.8, 4) is 11.5 Å². The molecular weight excluding hydrogens is 411 g/mol. The summed E-state index contributed by atoms with van der Waals surface area (Å²) in [5.41, 5.74) is 9.00. The van der Waals surface area contributed by atoms with E-state index in [9.17, 15) is 10.2 Å². The Kier molecular flexibility index (Phi) is 11.2. The summed E-state index contributed by atoms with van der Waals surface area (Å²) in [7, 11) is 0. The molecule has 6 nitrogen and oxygen atoms in total. The van der Waals surface area contributed by atoms with E-state index in [2.05, 4.69) is 14.9 Å². The Hall–Kier alpha value is -2.21. The first-order valence-corrected chi connectivity index (χ1v) is 9.47. The number of aryl methyl sites for hydroxylation is 2. The minimum Gasteiger partial charge on any atom is -0.872 e. The SMILES string of the molecule is Cc1ccc([O-])c(C=NCCN(CCN)CCN=Cc2cc(C)ccc2[O-])c1.[Ni+2]. The van der Waals surface area contributed by atoms with Crippen molar-refractivity contribution >= 4 is 12.4 Å². The van der Waals surface area contributed by atoms with Gasteiger partial charge in [-0.05, 0) is 25.0 Å². The molecule has 2 N–H and O–H groups in total. The molecule has 0 unspecified atom stereocenters. The number of hydrogen-bond donors (Lipinski definition) is 1. The van der Waals surface area contributed by atoms with Crippen molar-refractivity contribution in [1.82, 2.24) is 4.90 Å². The molecule has 0 spiro atoms. The van der Waals surface area contributed by atoms with Crippen LogP contribution >= 0.6 is 0 Å². The second-order valence-electron chi connectivity index (χ2n) is 6.78. The van der Waals surface area contributed by atoms with Crippen LogP contribution in [0.4, 0.5) is 0 Å². The Labute approximate surface area is 183 Å². The third-order valence-electron chi connectivity index (χ3n) is 4.33. The van der Waals surface area contributed by atoms with E-state index in [-0.39, 0.29) is 28.0 Å². The normalized spacial score (nSPS) is 11.4. The Balaban J connectivity index is 0.00000420. The van der Waals surface area contributed by atoms with Crippen LogP contribution in [0.1, 0.15) is 22.3 Å². The number of benzene rings is 2. The first kappa shape index (κ1) is 24.8. The first-order valence-electron chi connectivity index (χ1n) is 9.47. The molecule has 0 fully saturated rings. The average Bonchev–Trinajstić information content (AvgIpc) is 2.67. The molecule has 0 saturated carbocycles. The van der Waals surface area contributed by atoms with Gasteiger partial charge in [0.25, 0.3) is 0 Å². The molecule has 2 aromatic carbocycles. The third-order valence-corrected chi connectivity index (χ3v) is 4.33. The van der Waals surface area contributed by atoms with Crippen LogP contribution < -0.4 is 15.9 Å². The van der Waals surface area contributed by atoms with Crippen LogP contribution in [0, 0.1) is 13.8 Å². The summed E-state index contributed by atoms with van der Waals surface area (Å²) in [6, 6.07) is 10.4. The molecule has 0 aliphatic heterocycles. The summed E-state index contributed by atoms with van der Waals surface area (Å²) in [6.07, 6.45) is 3.28. The molecular formula is C22H28N4NiO2. The molecule has 7 heteroatoms. The van der Waals surface area contributed by atoms with Gasteiger partial charge in [-0.1, -0.05) is 47.5 Å². The van der Waals surface area contributed by atoms with Crippen molar-refractivity contribution in [3.63, 3.8) is 0 Å². The van der Waals surface area contributed by atoms with E-state index in [0.717, 1.165) is 30.8 Å². The van der Waals surface area contributed by atoms with Gasteiger partial charge < -0.3 is 15.9 Å². The van der Waals surface area contributed by atoms with Gasteiger partial charge in [0.05, 0.1) is 13.1 Å². The zero-order valence-electron chi connectivity index (χ0n) is 16.9. The summed E-state index contributed by atoms with van der Waals surface area (Å²) in [4.78, 5) is 10.9. The van der Waals surface area contributed by atoms with Gasteiger partial charge in [0.2, 0.25) is 0 Å². The van der Waals surface area contributed by atoms with Gasteiger partial charge in [-0.15, -0.1) is 11.5 Å². The molecule has 0 amide bonds. The Morgan fingerprint density at radius 1 is 0.828 bits per heavy atom. The number of nitrogens with zero attached hydrogens (tertiary/aromatic N) is 3. The summed E-state index contributed by atoms with van der Waals surface area (Å²) >= 11 is 0. The molecule has 0 aliphatic carbocycles. The third kappa shape index (κ3) is 8.77. The van der Waals surface area contributed by atoms with Crippen LogP contribution in [0.25, 0.3) is 0 Å². The van der Waals surface area contributed by atoms with Crippen molar-refractivity contribution in [1.29, 1.82) is 0 Å². The topological polar surface area (TPSA) is 100 Å². The van der Waals surface area contributed by atoms with Crippen LogP contribution in [0.5, 0.6) is 11.5 Å². The fourth-order valence-electron chi connectivity index (χ4n) is 2.78. The number of hydrogen-bond acceptors (Lipinski definition) is 6. The molecule has 0 heterocycles. The first-order chi connectivity index (χ1) is 13.5. The van der Waals surface area contributed by atoms with Gasteiger partial charge in [-0.25, -0.2) is 0 Å². The van der Waals surface area contributed by atoms with E-state index in [1.807, 2.05) is 26.0 Å². The summed E-state index contributed by atoms with van der Waals surface area (Å²) in [6.45, 7) is 7.85. The van der Waals surface area contributed by atoms with Crippen molar-refractivity contribution in [2.24, 2.45) is 15.7 Å². The molecule has 158 valence electrons. The second-order valence-corrected chi connectivity index (χ2v) is 6.78. The predicted molar refractivity (Wildman–Crippen MR) is 112 cm³/mol. The van der Waals surface area contributed by atoms with E-state index in [4.69, 9.17) is 5.73 Å². The zero-order chi connectivity index (χ0) is 20.4. The van der Waals surface area contributed by atoms with Gasteiger partial charge >= 0.3 is 16.5 Å². The fourth-order valence-corrected chi connectivity index (χ4v) is 2.78. The molecule has 0 saturated heterocycles. The molecule has 29 heavy (non-hydrogen) atoms. The zero-order valence-corrected chi connectivity index (χ0v) is 17.9. The van der Waals surface area contributed by atoms with Gasteiger partial charge in [-0.2, -0.15) is 0 Å². The average molecular weight is 439 g/mol. The standard InChI is InChI=1S/C22H30N4O2.Ni/c1-17-3-5-21(27)19(13-17)15-24-8-11-26(10-7-23)12-9-25-16-20-14-18(2)4-6-22(20)28;/h3-6,13-16,27-28H,7-12,23H2,1-2H3;/q;+2/p-2. The summed E-state index contributed by atoms with van der Waals surface area (Å²) in [5.74, 6) is -0.0345. The summed E-state index contributed by atoms with van der Waals surface area (Å²) in [5, 5.41) is 23.6. The van der Waals surface area contributed by atoms with Crippen LogP contribution in [-0.4, -0.2) is 56.6 Å². The second kappa shape index (κ2) is 13.1. The van der Waals surface area contributed by atoms with Crippen molar-refractivity contribution in [2.75, 3.05) is 39.3 Å². The van der Waals surface area contributed by atoms with Gasteiger partial charge in [-0.3, -0.25) is 14.9 Å². The maximum Gasteiger partial charge on any atom is 2.00 e. The molecule has 2 rings (SSSR count). The molecule has 0 bridgehead atoms. The number of rotatable bonds is 10. The van der Waals surface area contributed by atoms with E-state index in [0.29, 0.717) is 30.8 Å². The van der Waals surface area contributed by atoms with Crippen LogP contribution in [-0.2, 0) is 16.5 Å². The van der Waals surface area contributed by atoms with E-state index in [1.165, 1.54) is 0 Å². The number of nitrogens with two attached hydrogens (primary N) is 1. The maximum atomic E-state index is 11.8. The van der Waals surface area contributed by atoms with Crippen molar-refractivity contribution in [3.05, 3.63) is 58.7 Å². The van der Waals surface area contributed by atoms with E-state index in [1.54, 1.807) is 36.7 Å². The molecule has 0 aromatic heterocycles. The Morgan fingerprint density at radius 2 is 1.28 bits per heavy atom. The number of aliphatic imine (C=N–C) groups is 2. The van der Waals surface area contributed by atoms with Crippen molar-refractivity contribution in [2.45, 2.75) is 13.8 Å². The minimum atomic E-state index is -0.0172. The Bertz CT molecular complexity index is 759. The van der Waals surface area contributed by atoms with Gasteiger partial charge in [0.15, 0.2) is 0 Å². The van der Waals surface area contributed by atoms with Gasteiger partial charge in [0.1, 0.15) is 0 Å². The minimum absolute atomic E-state index is 0. The monoisotopic (exact) mass is 438 g/mol. The van der Waals surface area contributed by atoms with Gasteiger partial charge in [0, 0.05) is 38.6 Å². The molecule has 0 radical (unpaired) electrons. The smallest absolute Gasteiger partial charge is 0.872 e. The summed E-state index contributed by atoms with van der Waals surface area (Å²) < 4.78 is 0. The molecule has 2 aromatic rings.